The molecule has 2 aliphatic rings. The van der Waals surface area contributed by atoms with Crippen molar-refractivity contribution in [2.45, 2.75) is 57.7 Å². The van der Waals surface area contributed by atoms with Gasteiger partial charge in [-0.2, -0.15) is 0 Å². The van der Waals surface area contributed by atoms with Crippen molar-refractivity contribution >= 4 is 11.9 Å². The van der Waals surface area contributed by atoms with E-state index in [2.05, 4.69) is 12.2 Å². The van der Waals surface area contributed by atoms with Gasteiger partial charge in [0, 0.05) is 12.5 Å². The molecule has 2 atom stereocenters. The van der Waals surface area contributed by atoms with Gasteiger partial charge in [-0.15, -0.1) is 0 Å². The van der Waals surface area contributed by atoms with Crippen molar-refractivity contribution in [3.63, 3.8) is 0 Å². The topological polar surface area (TPSA) is 75.6 Å². The van der Waals surface area contributed by atoms with E-state index < -0.39 is 12.1 Å². The fourth-order valence-corrected chi connectivity index (χ4v) is 2.92. The molecule has 1 amide bonds. The van der Waals surface area contributed by atoms with E-state index in [0.717, 1.165) is 31.6 Å². The summed E-state index contributed by atoms with van der Waals surface area (Å²) in [6.07, 6.45) is 4.59. The lowest BCUT2D eigenvalue weighted by atomic mass is 9.82. The predicted octanol–water partition coefficient (Wildman–Crippen LogP) is 1.56. The van der Waals surface area contributed by atoms with Crippen LogP contribution in [-0.2, 0) is 14.3 Å². The molecule has 108 valence electrons. The third-order valence-corrected chi connectivity index (χ3v) is 4.27. The number of carboxylic acid groups (broad SMARTS) is 1. The highest BCUT2D eigenvalue weighted by Crippen LogP contribution is 2.28. The molecule has 19 heavy (non-hydrogen) atoms. The number of carbonyl (C=O) groups is 2. The Morgan fingerprint density at radius 1 is 1.16 bits per heavy atom. The summed E-state index contributed by atoms with van der Waals surface area (Å²) in [6.45, 7) is 2.67. The van der Waals surface area contributed by atoms with Crippen molar-refractivity contribution in [2.24, 2.45) is 11.8 Å². The largest absolute Gasteiger partial charge is 0.479 e. The van der Waals surface area contributed by atoms with Gasteiger partial charge in [-0.3, -0.25) is 4.79 Å². The molecule has 1 saturated carbocycles. The number of nitrogens with one attached hydrogen (secondary N) is 1. The van der Waals surface area contributed by atoms with E-state index in [9.17, 15) is 9.59 Å². The van der Waals surface area contributed by atoms with E-state index >= 15 is 0 Å². The number of hydrogen-bond acceptors (Lipinski definition) is 3. The van der Waals surface area contributed by atoms with Gasteiger partial charge in [0.2, 0.25) is 5.91 Å². The average molecular weight is 269 g/mol. The monoisotopic (exact) mass is 269 g/mol. The van der Waals surface area contributed by atoms with Crippen LogP contribution < -0.4 is 5.32 Å². The molecule has 0 spiro atoms. The Morgan fingerprint density at radius 3 is 2.42 bits per heavy atom. The van der Waals surface area contributed by atoms with Crippen LogP contribution in [0.15, 0.2) is 0 Å². The van der Waals surface area contributed by atoms with E-state index in [-0.39, 0.29) is 17.9 Å². The van der Waals surface area contributed by atoms with Crippen LogP contribution >= 0.6 is 0 Å². The van der Waals surface area contributed by atoms with E-state index in [1.165, 1.54) is 0 Å². The predicted molar refractivity (Wildman–Crippen MR) is 69.7 cm³/mol. The molecule has 0 aromatic rings. The van der Waals surface area contributed by atoms with Crippen LogP contribution in [0.5, 0.6) is 0 Å². The number of carboxylic acids is 1. The lowest BCUT2D eigenvalue weighted by Crippen LogP contribution is -2.38. The molecule has 0 aromatic carbocycles. The zero-order chi connectivity index (χ0) is 13.8. The number of carbonyl (C=O) groups excluding carboxylic acids is 1. The molecule has 2 unspecified atom stereocenters. The molecule has 1 heterocycles. The first-order valence-corrected chi connectivity index (χ1v) is 7.22. The molecule has 0 radical (unpaired) electrons. The molecule has 5 nitrogen and oxygen atoms in total. The SMILES string of the molecule is CC1CCC(C(=O)NCC2CCC(C(=O)O)O2)CC1. The van der Waals surface area contributed by atoms with Gasteiger partial charge in [-0.1, -0.05) is 6.92 Å². The van der Waals surface area contributed by atoms with E-state index in [1.807, 2.05) is 0 Å². The fourth-order valence-electron chi connectivity index (χ4n) is 2.92. The molecular weight excluding hydrogens is 246 g/mol. The molecule has 0 aromatic heterocycles. The van der Waals surface area contributed by atoms with Gasteiger partial charge in [-0.05, 0) is 44.4 Å². The highest BCUT2D eigenvalue weighted by molar-refractivity contribution is 5.78. The Labute approximate surface area is 113 Å². The second-order valence-corrected chi connectivity index (χ2v) is 5.86. The van der Waals surface area contributed by atoms with Crippen LogP contribution in [0, 0.1) is 11.8 Å². The van der Waals surface area contributed by atoms with Crippen LogP contribution in [0.1, 0.15) is 45.4 Å². The van der Waals surface area contributed by atoms with Crippen molar-refractivity contribution in [1.29, 1.82) is 0 Å². The highest BCUT2D eigenvalue weighted by atomic mass is 16.5. The van der Waals surface area contributed by atoms with E-state index in [4.69, 9.17) is 9.84 Å². The van der Waals surface area contributed by atoms with Gasteiger partial charge in [0.25, 0.3) is 0 Å². The van der Waals surface area contributed by atoms with Crippen LogP contribution in [0.2, 0.25) is 0 Å². The average Bonchev–Trinajstić information content (AvgIpc) is 2.86. The van der Waals surface area contributed by atoms with Crippen molar-refractivity contribution in [2.75, 3.05) is 6.54 Å². The summed E-state index contributed by atoms with van der Waals surface area (Å²) < 4.78 is 5.36. The minimum Gasteiger partial charge on any atom is -0.479 e. The number of aliphatic carboxylic acids is 1. The summed E-state index contributed by atoms with van der Waals surface area (Å²) in [5.74, 6) is 0.0655. The normalized spacial score (nSPS) is 35.0. The number of rotatable bonds is 4. The minimum atomic E-state index is -0.907. The standard InChI is InChI=1S/C14H23NO4/c1-9-2-4-10(5-3-9)13(16)15-8-11-6-7-12(19-11)14(17)18/h9-12H,2-8H2,1H3,(H,15,16)(H,17,18). The quantitative estimate of drug-likeness (QED) is 0.812. The Balaban J connectivity index is 1.68. The third kappa shape index (κ3) is 3.93. The molecule has 1 aliphatic heterocycles. The molecule has 1 saturated heterocycles. The first-order valence-electron chi connectivity index (χ1n) is 7.22. The molecule has 2 N–H and O–H groups in total. The lowest BCUT2D eigenvalue weighted by molar-refractivity contribution is -0.149. The summed E-state index contributed by atoms with van der Waals surface area (Å²) in [4.78, 5) is 22.7. The summed E-state index contributed by atoms with van der Waals surface area (Å²) in [6, 6.07) is 0. The molecule has 1 aliphatic carbocycles. The van der Waals surface area contributed by atoms with Gasteiger partial charge in [-0.25, -0.2) is 4.79 Å². The second kappa shape index (κ2) is 6.37. The zero-order valence-corrected chi connectivity index (χ0v) is 11.4. The van der Waals surface area contributed by atoms with Gasteiger partial charge in [0.1, 0.15) is 0 Å². The number of amides is 1. The van der Waals surface area contributed by atoms with Crippen LogP contribution in [0.25, 0.3) is 0 Å². The smallest absolute Gasteiger partial charge is 0.332 e. The molecule has 2 rings (SSSR count). The summed E-state index contributed by atoms with van der Waals surface area (Å²) in [5.41, 5.74) is 0. The number of hydrogen-bond donors (Lipinski definition) is 2. The molecule has 5 heteroatoms. The molecule has 2 fully saturated rings. The third-order valence-electron chi connectivity index (χ3n) is 4.27. The zero-order valence-electron chi connectivity index (χ0n) is 11.4. The minimum absolute atomic E-state index is 0.106. The van der Waals surface area contributed by atoms with Gasteiger partial charge < -0.3 is 15.2 Å². The maximum Gasteiger partial charge on any atom is 0.332 e. The van der Waals surface area contributed by atoms with Crippen molar-refractivity contribution in [3.05, 3.63) is 0 Å². The maximum atomic E-state index is 12.0. The van der Waals surface area contributed by atoms with Gasteiger partial charge in [0.15, 0.2) is 6.10 Å². The Kier molecular flexibility index (Phi) is 4.80. The van der Waals surface area contributed by atoms with Crippen LogP contribution in [0.4, 0.5) is 0 Å². The first kappa shape index (κ1) is 14.3. The Bertz CT molecular complexity index is 336. The molecular formula is C14H23NO4. The van der Waals surface area contributed by atoms with E-state index in [0.29, 0.717) is 19.4 Å². The van der Waals surface area contributed by atoms with Crippen LogP contribution in [0.3, 0.4) is 0 Å². The number of ether oxygens (including phenoxy) is 1. The van der Waals surface area contributed by atoms with Gasteiger partial charge >= 0.3 is 5.97 Å². The molecule has 0 bridgehead atoms. The van der Waals surface area contributed by atoms with Crippen molar-refractivity contribution in [1.82, 2.24) is 5.32 Å². The van der Waals surface area contributed by atoms with Gasteiger partial charge in [0.05, 0.1) is 6.10 Å². The van der Waals surface area contributed by atoms with Crippen LogP contribution in [-0.4, -0.2) is 35.7 Å². The maximum absolute atomic E-state index is 12.0. The second-order valence-electron chi connectivity index (χ2n) is 5.86. The summed E-state index contributed by atoms with van der Waals surface area (Å²) in [5, 5.41) is 11.7. The first-order chi connectivity index (χ1) is 9.06. The fraction of sp³-hybridized carbons (Fsp3) is 0.857. The Morgan fingerprint density at radius 2 is 1.84 bits per heavy atom. The van der Waals surface area contributed by atoms with Crippen molar-refractivity contribution in [3.8, 4) is 0 Å². The highest BCUT2D eigenvalue weighted by Gasteiger charge is 2.31. The summed E-state index contributed by atoms with van der Waals surface area (Å²) >= 11 is 0. The van der Waals surface area contributed by atoms with Crippen molar-refractivity contribution < 1.29 is 19.4 Å². The lowest BCUT2D eigenvalue weighted by Gasteiger charge is -2.25. The summed E-state index contributed by atoms with van der Waals surface area (Å²) in [7, 11) is 0. The van der Waals surface area contributed by atoms with E-state index in [1.54, 1.807) is 0 Å². The Hall–Kier alpha value is -1.10.